The standard InChI is InChI=1S/C10H16N2O2S/c1-10(2,4-3-5-11)9-12-7(6-15-9)8(13)14/h7,9,12H,3-4,6H2,1-2H3,(H,13,14). The van der Waals surface area contributed by atoms with Crippen molar-refractivity contribution in [3.05, 3.63) is 0 Å². The zero-order valence-electron chi connectivity index (χ0n) is 8.99. The third-order valence-corrected chi connectivity index (χ3v) is 4.30. The molecule has 2 atom stereocenters. The Kier molecular flexibility index (Phi) is 4.00. The summed E-state index contributed by atoms with van der Waals surface area (Å²) in [6.45, 7) is 4.14. The van der Waals surface area contributed by atoms with E-state index in [0.29, 0.717) is 12.2 Å². The van der Waals surface area contributed by atoms with Crippen molar-refractivity contribution in [3.63, 3.8) is 0 Å². The van der Waals surface area contributed by atoms with Gasteiger partial charge in [-0.25, -0.2) is 0 Å². The van der Waals surface area contributed by atoms with Crippen molar-refractivity contribution in [2.24, 2.45) is 5.41 Å². The van der Waals surface area contributed by atoms with E-state index < -0.39 is 12.0 Å². The third kappa shape index (κ3) is 3.11. The van der Waals surface area contributed by atoms with Gasteiger partial charge in [0, 0.05) is 12.2 Å². The second-order valence-corrected chi connectivity index (χ2v) is 5.56. The minimum atomic E-state index is -0.791. The summed E-state index contributed by atoms with van der Waals surface area (Å²) in [6, 6.07) is 1.68. The lowest BCUT2D eigenvalue weighted by molar-refractivity contribution is -0.138. The van der Waals surface area contributed by atoms with Crippen LogP contribution in [0.15, 0.2) is 0 Å². The number of carbonyl (C=O) groups is 1. The van der Waals surface area contributed by atoms with Crippen LogP contribution >= 0.6 is 11.8 Å². The van der Waals surface area contributed by atoms with E-state index in [1.54, 1.807) is 11.8 Å². The largest absolute Gasteiger partial charge is 0.480 e. The molecule has 15 heavy (non-hydrogen) atoms. The van der Waals surface area contributed by atoms with Crippen LogP contribution in [0.25, 0.3) is 0 Å². The van der Waals surface area contributed by atoms with Gasteiger partial charge in [0.2, 0.25) is 0 Å². The first-order valence-electron chi connectivity index (χ1n) is 4.95. The first-order chi connectivity index (χ1) is 6.97. The van der Waals surface area contributed by atoms with Crippen LogP contribution in [-0.2, 0) is 4.79 Å². The molecule has 5 heteroatoms. The molecule has 0 aromatic rings. The SMILES string of the molecule is CC(C)(CCC#N)C1NC(C(=O)O)CS1. The summed E-state index contributed by atoms with van der Waals surface area (Å²) < 4.78 is 0. The van der Waals surface area contributed by atoms with Crippen LogP contribution < -0.4 is 5.32 Å². The molecule has 2 N–H and O–H groups in total. The molecule has 0 spiro atoms. The first-order valence-corrected chi connectivity index (χ1v) is 5.99. The molecule has 1 heterocycles. The maximum absolute atomic E-state index is 10.8. The number of aliphatic carboxylic acids is 1. The zero-order valence-corrected chi connectivity index (χ0v) is 9.80. The number of nitrogens with one attached hydrogen (secondary N) is 1. The van der Waals surface area contributed by atoms with Gasteiger partial charge >= 0.3 is 5.97 Å². The molecule has 84 valence electrons. The smallest absolute Gasteiger partial charge is 0.321 e. The van der Waals surface area contributed by atoms with Gasteiger partial charge in [0.05, 0.1) is 11.4 Å². The Labute approximate surface area is 94.0 Å². The second-order valence-electron chi connectivity index (χ2n) is 4.42. The van der Waals surface area contributed by atoms with Crippen LogP contribution in [0.4, 0.5) is 0 Å². The summed E-state index contributed by atoms with van der Waals surface area (Å²) in [6.07, 6.45) is 1.31. The fraction of sp³-hybridized carbons (Fsp3) is 0.800. The molecule has 0 aliphatic carbocycles. The van der Waals surface area contributed by atoms with E-state index >= 15 is 0 Å². The predicted octanol–water partition coefficient (Wildman–Crippen LogP) is 1.43. The molecule has 0 saturated carbocycles. The van der Waals surface area contributed by atoms with E-state index in [9.17, 15) is 4.79 Å². The molecule has 1 aliphatic rings. The van der Waals surface area contributed by atoms with Gasteiger partial charge in [0.1, 0.15) is 6.04 Å². The Bertz CT molecular complexity index is 286. The maximum Gasteiger partial charge on any atom is 0.321 e. The van der Waals surface area contributed by atoms with E-state index in [4.69, 9.17) is 10.4 Å². The highest BCUT2D eigenvalue weighted by atomic mass is 32.2. The topological polar surface area (TPSA) is 73.1 Å². The van der Waals surface area contributed by atoms with Crippen LogP contribution in [0.2, 0.25) is 0 Å². The summed E-state index contributed by atoms with van der Waals surface area (Å²) in [5.74, 6) is -0.184. The molecule has 0 aromatic carbocycles. The number of hydrogen-bond donors (Lipinski definition) is 2. The number of thioether (sulfide) groups is 1. The Morgan fingerprint density at radius 1 is 1.73 bits per heavy atom. The van der Waals surface area contributed by atoms with Crippen molar-refractivity contribution in [1.29, 1.82) is 5.26 Å². The fourth-order valence-corrected chi connectivity index (χ4v) is 3.03. The third-order valence-electron chi connectivity index (χ3n) is 2.67. The van der Waals surface area contributed by atoms with Gasteiger partial charge in [-0.05, 0) is 11.8 Å². The molecule has 4 nitrogen and oxygen atoms in total. The molecular formula is C10H16N2O2S. The van der Waals surface area contributed by atoms with Crippen molar-refractivity contribution in [1.82, 2.24) is 5.32 Å². The van der Waals surface area contributed by atoms with E-state index in [1.165, 1.54) is 0 Å². The van der Waals surface area contributed by atoms with Crippen molar-refractivity contribution in [2.45, 2.75) is 38.1 Å². The molecule has 1 saturated heterocycles. The average Bonchev–Trinajstić information content (AvgIpc) is 2.64. The number of hydrogen-bond acceptors (Lipinski definition) is 4. The summed E-state index contributed by atoms with van der Waals surface area (Å²) >= 11 is 1.63. The molecule has 1 rings (SSSR count). The van der Waals surface area contributed by atoms with Gasteiger partial charge in [0.15, 0.2) is 0 Å². The number of carboxylic acid groups (broad SMARTS) is 1. The second kappa shape index (κ2) is 4.86. The molecule has 1 aliphatic heterocycles. The minimum absolute atomic E-state index is 0.0371. The Morgan fingerprint density at radius 3 is 2.87 bits per heavy atom. The van der Waals surface area contributed by atoms with Gasteiger partial charge < -0.3 is 5.11 Å². The van der Waals surface area contributed by atoms with Gasteiger partial charge in [-0.3, -0.25) is 10.1 Å². The molecule has 0 bridgehead atoms. The van der Waals surface area contributed by atoms with E-state index in [1.807, 2.05) is 0 Å². The molecule has 0 amide bonds. The predicted molar refractivity (Wildman–Crippen MR) is 59.4 cm³/mol. The van der Waals surface area contributed by atoms with Gasteiger partial charge in [-0.15, -0.1) is 11.8 Å². The van der Waals surface area contributed by atoms with E-state index in [0.717, 1.165) is 6.42 Å². The van der Waals surface area contributed by atoms with Crippen LogP contribution in [0.1, 0.15) is 26.7 Å². The number of carboxylic acids is 1. The van der Waals surface area contributed by atoms with Crippen molar-refractivity contribution in [3.8, 4) is 6.07 Å². The van der Waals surface area contributed by atoms with Gasteiger partial charge in [-0.2, -0.15) is 5.26 Å². The lowest BCUT2D eigenvalue weighted by Crippen LogP contribution is -2.42. The quantitative estimate of drug-likeness (QED) is 0.761. The highest BCUT2D eigenvalue weighted by Gasteiger charge is 2.38. The molecular weight excluding hydrogens is 212 g/mol. The molecule has 1 fully saturated rings. The Hall–Kier alpha value is -0.730. The fourth-order valence-electron chi connectivity index (χ4n) is 1.57. The van der Waals surface area contributed by atoms with Crippen LogP contribution in [0, 0.1) is 16.7 Å². The Morgan fingerprint density at radius 2 is 2.40 bits per heavy atom. The lowest BCUT2D eigenvalue weighted by atomic mass is 9.87. The maximum atomic E-state index is 10.8. The number of rotatable bonds is 4. The van der Waals surface area contributed by atoms with Crippen molar-refractivity contribution < 1.29 is 9.90 Å². The highest BCUT2D eigenvalue weighted by molar-refractivity contribution is 8.00. The first kappa shape index (κ1) is 12.3. The van der Waals surface area contributed by atoms with Gasteiger partial charge in [-0.1, -0.05) is 13.8 Å². The summed E-state index contributed by atoms with van der Waals surface area (Å²) in [5.41, 5.74) is -0.0371. The average molecular weight is 228 g/mol. The summed E-state index contributed by atoms with van der Waals surface area (Å²) in [5, 5.41) is 20.6. The van der Waals surface area contributed by atoms with Crippen LogP contribution in [0.5, 0.6) is 0 Å². The zero-order chi connectivity index (χ0) is 11.5. The van der Waals surface area contributed by atoms with E-state index in [2.05, 4.69) is 25.2 Å². The summed E-state index contributed by atoms with van der Waals surface area (Å²) in [4.78, 5) is 10.8. The number of nitriles is 1. The van der Waals surface area contributed by atoms with Crippen LogP contribution in [0.3, 0.4) is 0 Å². The highest BCUT2D eigenvalue weighted by Crippen LogP contribution is 2.37. The monoisotopic (exact) mass is 228 g/mol. The molecule has 0 aromatic heterocycles. The minimum Gasteiger partial charge on any atom is -0.480 e. The van der Waals surface area contributed by atoms with Crippen molar-refractivity contribution >= 4 is 17.7 Å². The Balaban J connectivity index is 2.52. The lowest BCUT2D eigenvalue weighted by Gasteiger charge is -2.30. The van der Waals surface area contributed by atoms with Crippen LogP contribution in [-0.4, -0.2) is 28.2 Å². The normalized spacial score (nSPS) is 26.2. The molecule has 2 unspecified atom stereocenters. The van der Waals surface area contributed by atoms with Gasteiger partial charge in [0.25, 0.3) is 0 Å². The molecule has 0 radical (unpaired) electrons. The van der Waals surface area contributed by atoms with Crippen molar-refractivity contribution in [2.75, 3.05) is 5.75 Å². The number of nitrogens with zero attached hydrogens (tertiary/aromatic N) is 1. The summed E-state index contributed by atoms with van der Waals surface area (Å²) in [7, 11) is 0. The van der Waals surface area contributed by atoms with E-state index in [-0.39, 0.29) is 10.8 Å².